The van der Waals surface area contributed by atoms with E-state index in [1.807, 2.05) is 0 Å². The van der Waals surface area contributed by atoms with Gasteiger partial charge in [-0.2, -0.15) is 5.10 Å². The molecule has 1 aliphatic rings. The molecule has 2 aromatic rings. The van der Waals surface area contributed by atoms with Gasteiger partial charge in [-0.05, 0) is 25.3 Å². The number of piperidine rings is 1. The topological polar surface area (TPSA) is 134 Å². The van der Waals surface area contributed by atoms with E-state index in [-0.39, 0.29) is 17.3 Å². The summed E-state index contributed by atoms with van der Waals surface area (Å²) in [6, 6.07) is 1.20. The average molecular weight is 342 g/mol. The normalized spacial score (nSPS) is 17.1. The van der Waals surface area contributed by atoms with E-state index < -0.39 is 17.7 Å². The highest BCUT2D eigenvalue weighted by Crippen LogP contribution is 2.30. The molecule has 25 heavy (non-hydrogen) atoms. The number of amides is 3. The third kappa shape index (κ3) is 3.65. The van der Waals surface area contributed by atoms with Gasteiger partial charge in [0.2, 0.25) is 5.91 Å². The summed E-state index contributed by atoms with van der Waals surface area (Å²) in [5, 5.41) is 9.12. The lowest BCUT2D eigenvalue weighted by atomic mass is 9.97. The minimum atomic E-state index is -0.779. The molecule has 9 nitrogen and oxygen atoms in total. The Kier molecular flexibility index (Phi) is 4.73. The summed E-state index contributed by atoms with van der Waals surface area (Å²) in [6.07, 6.45) is 8.62. The zero-order valence-corrected chi connectivity index (χ0v) is 13.4. The quantitative estimate of drug-likeness (QED) is 0.702. The van der Waals surface area contributed by atoms with Gasteiger partial charge < -0.3 is 16.0 Å². The van der Waals surface area contributed by atoms with Crippen molar-refractivity contribution in [2.75, 3.05) is 11.9 Å². The third-order valence-electron chi connectivity index (χ3n) is 4.14. The molecule has 0 unspecified atom stereocenters. The van der Waals surface area contributed by atoms with Crippen LogP contribution in [-0.2, 0) is 9.59 Å². The monoisotopic (exact) mass is 342 g/mol. The van der Waals surface area contributed by atoms with Crippen molar-refractivity contribution in [3.05, 3.63) is 42.0 Å². The highest BCUT2D eigenvalue weighted by molar-refractivity contribution is 6.39. The third-order valence-corrected chi connectivity index (χ3v) is 4.14. The predicted molar refractivity (Wildman–Crippen MR) is 88.3 cm³/mol. The maximum absolute atomic E-state index is 12.6. The number of anilines is 1. The maximum atomic E-state index is 12.6. The van der Waals surface area contributed by atoms with Crippen LogP contribution in [-0.4, -0.2) is 44.3 Å². The first-order chi connectivity index (χ1) is 12.1. The van der Waals surface area contributed by atoms with Crippen LogP contribution in [0.5, 0.6) is 0 Å². The molecule has 1 fully saturated rings. The van der Waals surface area contributed by atoms with Gasteiger partial charge in [0.15, 0.2) is 0 Å². The number of rotatable bonds is 3. The number of nitrogens with zero attached hydrogens (tertiary/aromatic N) is 3. The summed E-state index contributed by atoms with van der Waals surface area (Å²) in [6.45, 7) is 0.502. The first-order valence-corrected chi connectivity index (χ1v) is 7.91. The zero-order valence-electron chi connectivity index (χ0n) is 13.4. The molecular formula is C16H18N6O3. The molecule has 0 saturated carbocycles. The Morgan fingerprint density at radius 2 is 2.08 bits per heavy atom. The van der Waals surface area contributed by atoms with Crippen molar-refractivity contribution in [2.45, 2.75) is 25.3 Å². The Morgan fingerprint density at radius 1 is 1.24 bits per heavy atom. The fourth-order valence-corrected chi connectivity index (χ4v) is 2.92. The second-order valence-electron chi connectivity index (χ2n) is 5.82. The van der Waals surface area contributed by atoms with Crippen LogP contribution in [0.3, 0.4) is 0 Å². The Morgan fingerprint density at radius 3 is 2.80 bits per heavy atom. The number of carbonyl (C=O) groups is 3. The van der Waals surface area contributed by atoms with E-state index >= 15 is 0 Å². The van der Waals surface area contributed by atoms with Crippen molar-refractivity contribution < 1.29 is 14.4 Å². The van der Waals surface area contributed by atoms with Crippen molar-refractivity contribution in [1.82, 2.24) is 20.1 Å². The van der Waals surface area contributed by atoms with Gasteiger partial charge in [0.1, 0.15) is 0 Å². The van der Waals surface area contributed by atoms with Crippen LogP contribution < -0.4 is 11.1 Å². The van der Waals surface area contributed by atoms with E-state index in [2.05, 4.69) is 20.5 Å². The molecule has 2 aromatic heterocycles. The molecule has 1 atom stereocenters. The largest absolute Gasteiger partial charge is 0.366 e. The van der Waals surface area contributed by atoms with E-state index in [9.17, 15) is 14.4 Å². The van der Waals surface area contributed by atoms with Gasteiger partial charge in [0.25, 0.3) is 0 Å². The maximum Gasteiger partial charge on any atom is 0.313 e. The van der Waals surface area contributed by atoms with Crippen LogP contribution in [0.2, 0.25) is 0 Å². The van der Waals surface area contributed by atoms with Crippen molar-refractivity contribution >= 4 is 23.4 Å². The molecule has 130 valence electrons. The zero-order chi connectivity index (χ0) is 17.8. The molecule has 3 rings (SSSR count). The number of nitrogens with one attached hydrogen (secondary N) is 2. The van der Waals surface area contributed by atoms with Crippen molar-refractivity contribution in [3.63, 3.8) is 0 Å². The second-order valence-corrected chi connectivity index (χ2v) is 5.82. The van der Waals surface area contributed by atoms with E-state index in [4.69, 9.17) is 5.73 Å². The lowest BCUT2D eigenvalue weighted by Gasteiger charge is -2.34. The Hall–Kier alpha value is -3.23. The summed E-state index contributed by atoms with van der Waals surface area (Å²) < 4.78 is 0. The molecule has 0 radical (unpaired) electrons. The predicted octanol–water partition coefficient (Wildman–Crippen LogP) is 0.596. The molecule has 3 amide bonds. The number of hydrogen-bond donors (Lipinski definition) is 3. The van der Waals surface area contributed by atoms with E-state index in [0.29, 0.717) is 6.54 Å². The number of hydrogen-bond acceptors (Lipinski definition) is 5. The van der Waals surface area contributed by atoms with Gasteiger partial charge >= 0.3 is 11.8 Å². The van der Waals surface area contributed by atoms with Crippen LogP contribution in [0, 0.1) is 0 Å². The standard InChI is InChI=1S/C16H18N6O3/c17-14(23)10-5-12(9-18-6-10)21-15(24)16(25)22-4-2-1-3-13(22)11-7-19-20-8-11/h5-9,13H,1-4H2,(H2,17,23)(H,19,20)(H,21,24)/t13-/m0/s1. The van der Waals surface area contributed by atoms with Crippen molar-refractivity contribution in [1.29, 1.82) is 0 Å². The van der Waals surface area contributed by atoms with Crippen LogP contribution in [0.25, 0.3) is 0 Å². The molecule has 0 aromatic carbocycles. The number of aromatic nitrogens is 3. The Bertz CT molecular complexity index is 789. The number of primary amides is 1. The summed E-state index contributed by atoms with van der Waals surface area (Å²) in [5.41, 5.74) is 6.45. The van der Waals surface area contributed by atoms with E-state index in [0.717, 1.165) is 24.8 Å². The molecule has 1 aliphatic heterocycles. The van der Waals surface area contributed by atoms with Crippen LogP contribution >= 0.6 is 0 Å². The lowest BCUT2D eigenvalue weighted by Crippen LogP contribution is -2.44. The van der Waals surface area contributed by atoms with Crippen LogP contribution in [0.4, 0.5) is 5.69 Å². The second kappa shape index (κ2) is 7.12. The fraction of sp³-hybridized carbons (Fsp3) is 0.312. The smallest absolute Gasteiger partial charge is 0.313 e. The Labute approximate surface area is 143 Å². The van der Waals surface area contributed by atoms with Gasteiger partial charge in [0.05, 0.1) is 29.7 Å². The van der Waals surface area contributed by atoms with Crippen LogP contribution in [0.15, 0.2) is 30.9 Å². The number of nitrogens with two attached hydrogens (primary N) is 1. The minimum absolute atomic E-state index is 0.152. The molecule has 1 saturated heterocycles. The van der Waals surface area contributed by atoms with Gasteiger partial charge in [-0.25, -0.2) is 0 Å². The molecule has 3 heterocycles. The van der Waals surface area contributed by atoms with Gasteiger partial charge in [-0.3, -0.25) is 24.5 Å². The first-order valence-electron chi connectivity index (χ1n) is 7.91. The molecular weight excluding hydrogens is 324 g/mol. The highest BCUT2D eigenvalue weighted by Gasteiger charge is 2.32. The molecule has 0 bridgehead atoms. The fourth-order valence-electron chi connectivity index (χ4n) is 2.92. The minimum Gasteiger partial charge on any atom is -0.366 e. The summed E-state index contributed by atoms with van der Waals surface area (Å²) in [7, 11) is 0. The van der Waals surface area contributed by atoms with E-state index in [1.165, 1.54) is 18.5 Å². The van der Waals surface area contributed by atoms with Crippen molar-refractivity contribution in [2.24, 2.45) is 5.73 Å². The van der Waals surface area contributed by atoms with Gasteiger partial charge in [-0.15, -0.1) is 0 Å². The summed E-state index contributed by atoms with van der Waals surface area (Å²) in [4.78, 5) is 41.5. The number of pyridine rings is 1. The Balaban J connectivity index is 1.74. The highest BCUT2D eigenvalue weighted by atomic mass is 16.2. The lowest BCUT2D eigenvalue weighted by molar-refractivity contribution is -0.145. The number of aromatic amines is 1. The molecule has 4 N–H and O–H groups in total. The van der Waals surface area contributed by atoms with Gasteiger partial charge in [0, 0.05) is 24.5 Å². The number of H-pyrrole nitrogens is 1. The number of likely N-dealkylation sites (tertiary alicyclic amines) is 1. The SMILES string of the molecule is NC(=O)c1cncc(NC(=O)C(=O)N2CCCC[C@H]2c2cn[nH]c2)c1. The van der Waals surface area contributed by atoms with Crippen LogP contribution in [0.1, 0.15) is 41.2 Å². The first kappa shape index (κ1) is 16.6. The average Bonchev–Trinajstić information content (AvgIpc) is 3.15. The molecule has 0 aliphatic carbocycles. The molecule has 9 heteroatoms. The van der Waals surface area contributed by atoms with Gasteiger partial charge in [-0.1, -0.05) is 0 Å². The van der Waals surface area contributed by atoms with Crippen molar-refractivity contribution in [3.8, 4) is 0 Å². The van der Waals surface area contributed by atoms with E-state index in [1.54, 1.807) is 17.3 Å². The number of carbonyl (C=O) groups excluding carboxylic acids is 3. The summed E-state index contributed by atoms with van der Waals surface area (Å²) >= 11 is 0. The summed E-state index contributed by atoms with van der Waals surface area (Å²) in [5.74, 6) is -2.07. The molecule has 0 spiro atoms.